The second kappa shape index (κ2) is 7.02. The predicted octanol–water partition coefficient (Wildman–Crippen LogP) is 6.11. The van der Waals surface area contributed by atoms with Gasteiger partial charge in [-0.1, -0.05) is 59.3 Å². The van der Waals surface area contributed by atoms with Crippen molar-refractivity contribution in [2.45, 2.75) is 13.0 Å². The third-order valence-corrected chi connectivity index (χ3v) is 6.94. The summed E-state index contributed by atoms with van der Waals surface area (Å²) in [6.07, 6.45) is 0. The summed E-state index contributed by atoms with van der Waals surface area (Å²) in [6, 6.07) is 19.6. The Morgan fingerprint density at radius 2 is 1.84 bits per heavy atom. The lowest BCUT2D eigenvalue weighted by Gasteiger charge is -2.22. The van der Waals surface area contributed by atoms with Crippen molar-refractivity contribution in [1.82, 2.24) is 4.98 Å². The van der Waals surface area contributed by atoms with Gasteiger partial charge in [0.2, 0.25) is 5.76 Å². The molecule has 3 heterocycles. The fourth-order valence-electron chi connectivity index (χ4n) is 4.22. The number of thiazole rings is 1. The summed E-state index contributed by atoms with van der Waals surface area (Å²) in [5, 5.41) is 1.31. The van der Waals surface area contributed by atoms with Crippen LogP contribution in [-0.4, -0.2) is 10.9 Å². The van der Waals surface area contributed by atoms with Crippen LogP contribution >= 0.6 is 22.9 Å². The first-order valence-electron chi connectivity index (χ1n) is 10.0. The van der Waals surface area contributed by atoms with Crippen molar-refractivity contribution in [3.05, 3.63) is 104 Å². The monoisotopic (exact) mass is 458 g/mol. The average Bonchev–Trinajstić information content (AvgIpc) is 3.33. The minimum Gasteiger partial charge on any atom is -0.450 e. The van der Waals surface area contributed by atoms with Gasteiger partial charge in [0, 0.05) is 5.02 Å². The molecule has 0 unspecified atom stereocenters. The Morgan fingerprint density at radius 3 is 2.66 bits per heavy atom. The van der Waals surface area contributed by atoms with Gasteiger partial charge < -0.3 is 4.42 Å². The molecule has 0 spiro atoms. The number of carbonyl (C=O) groups is 1. The molecule has 3 aromatic carbocycles. The summed E-state index contributed by atoms with van der Waals surface area (Å²) in [5.74, 6) is -0.326. The van der Waals surface area contributed by atoms with E-state index >= 15 is 0 Å². The highest BCUT2D eigenvalue weighted by atomic mass is 35.5. The van der Waals surface area contributed by atoms with E-state index < -0.39 is 6.04 Å². The lowest BCUT2D eigenvalue weighted by molar-refractivity contribution is 0.0971. The Labute approximate surface area is 191 Å². The molecule has 0 radical (unpaired) electrons. The van der Waals surface area contributed by atoms with Crippen LogP contribution in [0.4, 0.5) is 5.13 Å². The van der Waals surface area contributed by atoms with Gasteiger partial charge in [0.05, 0.1) is 27.2 Å². The van der Waals surface area contributed by atoms with Gasteiger partial charge in [-0.25, -0.2) is 4.98 Å². The number of carbonyl (C=O) groups excluding carboxylic acids is 1. The van der Waals surface area contributed by atoms with Gasteiger partial charge in [0.25, 0.3) is 5.91 Å². The van der Waals surface area contributed by atoms with Gasteiger partial charge in [0.15, 0.2) is 10.6 Å². The second-order valence-corrected chi connectivity index (χ2v) is 9.22. The van der Waals surface area contributed by atoms with Crippen molar-refractivity contribution in [3.63, 3.8) is 0 Å². The van der Waals surface area contributed by atoms with Crippen LogP contribution in [-0.2, 0) is 0 Å². The molecule has 5 nitrogen and oxygen atoms in total. The maximum atomic E-state index is 13.6. The van der Waals surface area contributed by atoms with Crippen LogP contribution in [0.15, 0.2) is 75.9 Å². The zero-order chi connectivity index (χ0) is 22.0. The summed E-state index contributed by atoms with van der Waals surface area (Å²) in [6.45, 7) is 2.02. The van der Waals surface area contributed by atoms with E-state index in [1.807, 2.05) is 55.5 Å². The maximum absolute atomic E-state index is 13.6. The standard InChI is InChI=1S/C25H15ClN2O3S/c1-13-7-9-17-19(11-13)32-25(27-17)28-21(14-5-3-2-4-6-14)20-22(29)16-12-15(26)8-10-18(16)31-23(20)24(28)30/h2-12,21H,1H3/t21-/m0/s1. The van der Waals surface area contributed by atoms with Crippen molar-refractivity contribution >= 4 is 55.2 Å². The van der Waals surface area contributed by atoms with Crippen LogP contribution in [0, 0.1) is 6.92 Å². The molecule has 0 saturated heterocycles. The van der Waals surface area contributed by atoms with Crippen LogP contribution in [0.25, 0.3) is 21.2 Å². The van der Waals surface area contributed by atoms with E-state index in [9.17, 15) is 9.59 Å². The van der Waals surface area contributed by atoms with E-state index in [-0.39, 0.29) is 17.1 Å². The summed E-state index contributed by atoms with van der Waals surface area (Å²) < 4.78 is 6.95. The number of hydrogen-bond acceptors (Lipinski definition) is 5. The van der Waals surface area contributed by atoms with Gasteiger partial charge in [-0.2, -0.15) is 0 Å². The minimum absolute atomic E-state index is 0.0501. The number of hydrogen-bond donors (Lipinski definition) is 0. The predicted molar refractivity (Wildman–Crippen MR) is 127 cm³/mol. The van der Waals surface area contributed by atoms with E-state index in [4.69, 9.17) is 21.0 Å². The van der Waals surface area contributed by atoms with Crippen molar-refractivity contribution in [3.8, 4) is 0 Å². The van der Waals surface area contributed by atoms with Gasteiger partial charge >= 0.3 is 0 Å². The number of halogens is 1. The second-order valence-electron chi connectivity index (χ2n) is 7.77. The van der Waals surface area contributed by atoms with E-state index in [2.05, 4.69) is 0 Å². The molecule has 0 aliphatic carbocycles. The number of aryl methyl sites for hydroxylation is 1. The quantitative estimate of drug-likeness (QED) is 0.320. The Balaban J connectivity index is 1.64. The molecule has 1 aliphatic rings. The number of rotatable bonds is 2. The number of amides is 1. The Bertz CT molecular complexity index is 1610. The van der Waals surface area contributed by atoms with E-state index in [1.54, 1.807) is 23.1 Å². The fraction of sp³-hybridized carbons (Fsp3) is 0.0800. The highest BCUT2D eigenvalue weighted by Crippen LogP contribution is 2.43. The number of nitrogens with zero attached hydrogens (tertiary/aromatic N) is 2. The van der Waals surface area contributed by atoms with Gasteiger partial charge in [-0.05, 0) is 48.4 Å². The van der Waals surface area contributed by atoms with Gasteiger partial charge in [0.1, 0.15) is 5.58 Å². The Hall–Kier alpha value is -3.48. The first-order chi connectivity index (χ1) is 15.5. The highest BCUT2D eigenvalue weighted by Gasteiger charge is 2.44. The molecule has 7 heteroatoms. The van der Waals surface area contributed by atoms with E-state index in [0.29, 0.717) is 26.7 Å². The van der Waals surface area contributed by atoms with E-state index in [0.717, 1.165) is 21.3 Å². The first-order valence-corrected chi connectivity index (χ1v) is 11.2. The van der Waals surface area contributed by atoms with Crippen molar-refractivity contribution < 1.29 is 9.21 Å². The molecular weight excluding hydrogens is 444 g/mol. The Morgan fingerprint density at radius 1 is 1.03 bits per heavy atom. The average molecular weight is 459 g/mol. The van der Waals surface area contributed by atoms with Crippen molar-refractivity contribution in [2.75, 3.05) is 4.90 Å². The molecule has 0 saturated carbocycles. The molecule has 32 heavy (non-hydrogen) atoms. The third kappa shape index (κ3) is 2.80. The molecule has 0 N–H and O–H groups in total. The molecule has 156 valence electrons. The number of benzene rings is 3. The van der Waals surface area contributed by atoms with Gasteiger partial charge in [-0.15, -0.1) is 0 Å². The molecule has 1 atom stereocenters. The molecule has 5 aromatic rings. The smallest absolute Gasteiger partial charge is 0.297 e. The molecule has 1 aliphatic heterocycles. The van der Waals surface area contributed by atoms with Crippen LogP contribution in [0.5, 0.6) is 0 Å². The van der Waals surface area contributed by atoms with Crippen LogP contribution in [0.1, 0.15) is 33.3 Å². The number of fused-ring (bicyclic) bond motifs is 3. The summed E-state index contributed by atoms with van der Waals surface area (Å²) >= 11 is 7.56. The number of anilines is 1. The molecule has 6 rings (SSSR count). The zero-order valence-electron chi connectivity index (χ0n) is 16.8. The zero-order valence-corrected chi connectivity index (χ0v) is 18.4. The van der Waals surface area contributed by atoms with Gasteiger partial charge in [-0.3, -0.25) is 14.5 Å². The maximum Gasteiger partial charge on any atom is 0.297 e. The molecule has 0 fully saturated rings. The molecule has 0 bridgehead atoms. The molecule has 2 aromatic heterocycles. The van der Waals surface area contributed by atoms with Crippen LogP contribution in [0.3, 0.4) is 0 Å². The SMILES string of the molecule is Cc1ccc2nc(N3C(=O)c4oc5ccc(Cl)cc5c(=O)c4[C@@H]3c3ccccc3)sc2c1. The van der Waals surface area contributed by atoms with Crippen LogP contribution < -0.4 is 10.3 Å². The Kier molecular flexibility index (Phi) is 4.22. The summed E-state index contributed by atoms with van der Waals surface area (Å²) in [4.78, 5) is 33.5. The number of aromatic nitrogens is 1. The molecular formula is C25H15ClN2O3S. The van der Waals surface area contributed by atoms with Crippen molar-refractivity contribution in [1.29, 1.82) is 0 Å². The van der Waals surface area contributed by atoms with E-state index in [1.165, 1.54) is 11.3 Å². The normalized spacial score (nSPS) is 15.6. The third-order valence-electron chi connectivity index (χ3n) is 5.69. The van der Waals surface area contributed by atoms with Crippen LogP contribution in [0.2, 0.25) is 5.02 Å². The topological polar surface area (TPSA) is 63.4 Å². The first kappa shape index (κ1) is 19.2. The lowest BCUT2D eigenvalue weighted by atomic mass is 9.99. The van der Waals surface area contributed by atoms with Crippen molar-refractivity contribution in [2.24, 2.45) is 0 Å². The molecule has 1 amide bonds. The highest BCUT2D eigenvalue weighted by molar-refractivity contribution is 7.22. The largest absolute Gasteiger partial charge is 0.450 e. The minimum atomic E-state index is -0.639. The lowest BCUT2D eigenvalue weighted by Crippen LogP contribution is -2.29. The summed E-state index contributed by atoms with van der Waals surface area (Å²) in [7, 11) is 0. The fourth-order valence-corrected chi connectivity index (χ4v) is 5.48. The summed E-state index contributed by atoms with van der Waals surface area (Å²) in [5.41, 5.74) is 3.12.